The third-order valence-electron chi connectivity index (χ3n) is 5.50. The molecule has 1 aliphatic rings. The summed E-state index contributed by atoms with van der Waals surface area (Å²) in [4.78, 5) is 34.1. The van der Waals surface area contributed by atoms with Crippen molar-refractivity contribution in [2.75, 3.05) is 25.3 Å². The van der Waals surface area contributed by atoms with Crippen molar-refractivity contribution in [2.24, 2.45) is 0 Å². The van der Waals surface area contributed by atoms with Gasteiger partial charge in [0.15, 0.2) is 11.5 Å². The molecule has 0 saturated carbocycles. The van der Waals surface area contributed by atoms with Gasteiger partial charge in [0.05, 0.1) is 32.2 Å². The number of hydrogen-bond acceptors (Lipinski definition) is 7. The highest BCUT2D eigenvalue weighted by Crippen LogP contribution is 2.31. The monoisotopic (exact) mass is 466 g/mol. The number of rotatable bonds is 8. The zero-order chi connectivity index (χ0) is 23.2. The lowest BCUT2D eigenvalue weighted by Gasteiger charge is -2.22. The van der Waals surface area contributed by atoms with Gasteiger partial charge < -0.3 is 14.8 Å². The number of ether oxygens (including phenoxy) is 2. The van der Waals surface area contributed by atoms with Crippen LogP contribution in [0.3, 0.4) is 0 Å². The van der Waals surface area contributed by atoms with Crippen LogP contribution < -0.4 is 20.5 Å². The third-order valence-corrected chi connectivity index (χ3v) is 6.52. The van der Waals surface area contributed by atoms with Gasteiger partial charge in [-0.05, 0) is 49.9 Å². The SMILES string of the molecule is COc1ccc(NC(=O)CSc2nc(=O)n(Cc3ccccn3)c3c2CCCC3)cc1OC. The minimum absolute atomic E-state index is 0.150. The fraction of sp³-hybridized carbons (Fsp3) is 0.333. The van der Waals surface area contributed by atoms with E-state index in [-0.39, 0.29) is 17.3 Å². The first-order valence-corrected chi connectivity index (χ1v) is 11.7. The molecular formula is C24H26N4O4S. The molecule has 0 radical (unpaired) electrons. The van der Waals surface area contributed by atoms with E-state index in [2.05, 4.69) is 15.3 Å². The Morgan fingerprint density at radius 2 is 1.94 bits per heavy atom. The Bertz CT molecular complexity index is 1200. The van der Waals surface area contributed by atoms with E-state index < -0.39 is 0 Å². The lowest BCUT2D eigenvalue weighted by Crippen LogP contribution is -2.31. The van der Waals surface area contributed by atoms with Crippen LogP contribution in [0.1, 0.15) is 29.8 Å². The van der Waals surface area contributed by atoms with Crippen molar-refractivity contribution < 1.29 is 14.3 Å². The molecule has 3 aromatic rings. The summed E-state index contributed by atoms with van der Waals surface area (Å²) in [6.45, 7) is 0.403. The van der Waals surface area contributed by atoms with Crippen LogP contribution in [0.5, 0.6) is 11.5 Å². The summed E-state index contributed by atoms with van der Waals surface area (Å²) in [5.74, 6) is 1.09. The fourth-order valence-electron chi connectivity index (χ4n) is 3.93. The van der Waals surface area contributed by atoms with Gasteiger partial charge in [0.25, 0.3) is 0 Å². The number of benzene rings is 1. The molecule has 172 valence electrons. The summed E-state index contributed by atoms with van der Waals surface area (Å²) in [5.41, 5.74) is 3.21. The lowest BCUT2D eigenvalue weighted by atomic mass is 9.97. The number of methoxy groups -OCH3 is 2. The number of aromatic nitrogens is 3. The highest BCUT2D eigenvalue weighted by Gasteiger charge is 2.21. The molecule has 2 heterocycles. The summed E-state index contributed by atoms with van der Waals surface area (Å²) in [5, 5.41) is 3.51. The van der Waals surface area contributed by atoms with E-state index in [0.717, 1.165) is 42.6 Å². The van der Waals surface area contributed by atoms with Gasteiger partial charge in [-0.1, -0.05) is 17.8 Å². The van der Waals surface area contributed by atoms with E-state index in [0.29, 0.717) is 28.8 Å². The smallest absolute Gasteiger partial charge is 0.349 e. The van der Waals surface area contributed by atoms with Crippen molar-refractivity contribution in [3.63, 3.8) is 0 Å². The number of carbonyl (C=O) groups excluding carboxylic acids is 1. The van der Waals surface area contributed by atoms with E-state index in [1.54, 1.807) is 43.2 Å². The third kappa shape index (κ3) is 5.36. The first-order valence-electron chi connectivity index (χ1n) is 10.8. The zero-order valence-corrected chi connectivity index (χ0v) is 19.5. The molecule has 9 heteroatoms. The Morgan fingerprint density at radius 3 is 2.70 bits per heavy atom. The minimum atomic E-state index is -0.302. The Hall–Kier alpha value is -3.33. The highest BCUT2D eigenvalue weighted by molar-refractivity contribution is 8.00. The molecule has 8 nitrogen and oxygen atoms in total. The van der Waals surface area contributed by atoms with Crippen LogP contribution in [-0.2, 0) is 24.2 Å². The average molecular weight is 467 g/mol. The maximum absolute atomic E-state index is 12.9. The van der Waals surface area contributed by atoms with Gasteiger partial charge in [-0.25, -0.2) is 4.79 Å². The van der Waals surface area contributed by atoms with Crippen molar-refractivity contribution in [2.45, 2.75) is 37.3 Å². The van der Waals surface area contributed by atoms with E-state index in [4.69, 9.17) is 9.47 Å². The van der Waals surface area contributed by atoms with Crippen LogP contribution in [0.4, 0.5) is 5.69 Å². The van der Waals surface area contributed by atoms with Crippen molar-refractivity contribution in [3.05, 3.63) is 70.0 Å². The Balaban J connectivity index is 1.50. The molecule has 1 aliphatic carbocycles. The zero-order valence-electron chi connectivity index (χ0n) is 18.7. The number of fused-ring (bicyclic) bond motifs is 1. The number of nitrogens with one attached hydrogen (secondary N) is 1. The average Bonchev–Trinajstić information content (AvgIpc) is 2.85. The second kappa shape index (κ2) is 10.5. The maximum atomic E-state index is 12.9. The second-order valence-electron chi connectivity index (χ2n) is 7.65. The molecule has 4 rings (SSSR count). The largest absolute Gasteiger partial charge is 0.493 e. The number of anilines is 1. The van der Waals surface area contributed by atoms with Crippen molar-refractivity contribution in [1.29, 1.82) is 0 Å². The van der Waals surface area contributed by atoms with Gasteiger partial charge in [0.2, 0.25) is 5.91 Å². The predicted octanol–water partition coefficient (Wildman–Crippen LogP) is 3.31. The summed E-state index contributed by atoms with van der Waals surface area (Å²) in [6, 6.07) is 10.9. The van der Waals surface area contributed by atoms with E-state index in [9.17, 15) is 9.59 Å². The van der Waals surface area contributed by atoms with E-state index >= 15 is 0 Å². The molecule has 0 unspecified atom stereocenters. The van der Waals surface area contributed by atoms with Crippen LogP contribution in [0.15, 0.2) is 52.4 Å². The van der Waals surface area contributed by atoms with Crippen molar-refractivity contribution >= 4 is 23.4 Å². The molecule has 0 aliphatic heterocycles. The van der Waals surface area contributed by atoms with Crippen molar-refractivity contribution in [3.8, 4) is 11.5 Å². The number of hydrogen-bond donors (Lipinski definition) is 1. The predicted molar refractivity (Wildman–Crippen MR) is 127 cm³/mol. The molecule has 1 N–H and O–H groups in total. The van der Waals surface area contributed by atoms with Crippen LogP contribution in [0.25, 0.3) is 0 Å². The molecule has 33 heavy (non-hydrogen) atoms. The summed E-state index contributed by atoms with van der Waals surface area (Å²) in [7, 11) is 3.11. The van der Waals surface area contributed by atoms with E-state index in [1.165, 1.54) is 11.8 Å². The fourth-order valence-corrected chi connectivity index (χ4v) is 4.81. The molecule has 0 bridgehead atoms. The number of thioether (sulfide) groups is 1. The minimum Gasteiger partial charge on any atom is -0.493 e. The molecule has 0 saturated heterocycles. The quantitative estimate of drug-likeness (QED) is 0.402. The van der Waals surface area contributed by atoms with Gasteiger partial charge >= 0.3 is 5.69 Å². The Labute approximate surface area is 196 Å². The van der Waals surface area contributed by atoms with Gasteiger partial charge in [0, 0.05) is 29.2 Å². The number of carbonyl (C=O) groups is 1. The molecule has 2 aromatic heterocycles. The van der Waals surface area contributed by atoms with Crippen LogP contribution >= 0.6 is 11.8 Å². The van der Waals surface area contributed by atoms with Crippen LogP contribution in [-0.4, -0.2) is 40.4 Å². The van der Waals surface area contributed by atoms with Gasteiger partial charge in [-0.3, -0.25) is 14.3 Å². The number of nitrogens with zero attached hydrogens (tertiary/aromatic N) is 3. The summed E-state index contributed by atoms with van der Waals surface area (Å²) >= 11 is 1.30. The first-order chi connectivity index (χ1) is 16.1. The summed E-state index contributed by atoms with van der Waals surface area (Å²) < 4.78 is 12.2. The first kappa shape index (κ1) is 22.8. The Morgan fingerprint density at radius 1 is 1.12 bits per heavy atom. The lowest BCUT2D eigenvalue weighted by molar-refractivity contribution is -0.113. The second-order valence-corrected chi connectivity index (χ2v) is 8.61. The molecule has 0 spiro atoms. The standard InChI is InChI=1S/C24H26N4O4S/c1-31-20-11-10-16(13-21(20)32-2)26-22(29)15-33-23-18-8-3-4-9-19(18)28(24(30)27-23)14-17-7-5-6-12-25-17/h5-7,10-13H,3-4,8-9,14-15H2,1-2H3,(H,26,29). The molecule has 1 amide bonds. The maximum Gasteiger partial charge on any atom is 0.349 e. The topological polar surface area (TPSA) is 95.3 Å². The van der Waals surface area contributed by atoms with Gasteiger partial charge in [0.1, 0.15) is 5.03 Å². The van der Waals surface area contributed by atoms with Crippen molar-refractivity contribution in [1.82, 2.24) is 14.5 Å². The normalized spacial score (nSPS) is 12.7. The highest BCUT2D eigenvalue weighted by atomic mass is 32.2. The molecule has 0 fully saturated rings. The number of amides is 1. The van der Waals surface area contributed by atoms with Gasteiger partial charge in [-0.15, -0.1) is 0 Å². The van der Waals surface area contributed by atoms with Crippen LogP contribution in [0.2, 0.25) is 0 Å². The van der Waals surface area contributed by atoms with Gasteiger partial charge in [-0.2, -0.15) is 4.98 Å². The molecule has 0 atom stereocenters. The summed E-state index contributed by atoms with van der Waals surface area (Å²) in [6.07, 6.45) is 5.47. The van der Waals surface area contributed by atoms with E-state index in [1.807, 2.05) is 18.2 Å². The molecule has 1 aromatic carbocycles. The number of pyridine rings is 1. The Kier molecular flexibility index (Phi) is 7.29. The van der Waals surface area contributed by atoms with Crippen LogP contribution in [0, 0.1) is 0 Å². The molecular weight excluding hydrogens is 440 g/mol.